The number of methoxy groups -OCH3 is 1. The van der Waals surface area contributed by atoms with Gasteiger partial charge in [0.1, 0.15) is 12.0 Å². The van der Waals surface area contributed by atoms with Gasteiger partial charge in [-0.15, -0.1) is 0 Å². The van der Waals surface area contributed by atoms with Crippen molar-refractivity contribution in [3.63, 3.8) is 0 Å². The summed E-state index contributed by atoms with van der Waals surface area (Å²) in [5.74, 6) is -1.83. The molecule has 1 amide bonds. The van der Waals surface area contributed by atoms with Crippen LogP contribution in [0, 0.1) is 17.2 Å². The second-order valence-electron chi connectivity index (χ2n) is 4.12. The Hall–Kier alpha value is -2.35. The van der Waals surface area contributed by atoms with E-state index in [1.54, 1.807) is 0 Å². The first-order chi connectivity index (χ1) is 9.08. The lowest BCUT2D eigenvalue weighted by Gasteiger charge is -2.14. The van der Waals surface area contributed by atoms with E-state index < -0.39 is 23.8 Å². The van der Waals surface area contributed by atoms with Crippen LogP contribution in [0.5, 0.6) is 0 Å². The molecule has 0 aliphatic heterocycles. The second-order valence-corrected chi connectivity index (χ2v) is 4.12. The van der Waals surface area contributed by atoms with E-state index in [1.807, 2.05) is 36.4 Å². The average Bonchev–Trinajstić information content (AvgIpc) is 2.44. The van der Waals surface area contributed by atoms with E-state index in [0.29, 0.717) is 6.42 Å². The molecular formula is C14H16N2O3. The van der Waals surface area contributed by atoms with Crippen LogP contribution in [0.2, 0.25) is 0 Å². The van der Waals surface area contributed by atoms with E-state index in [0.717, 1.165) is 5.56 Å². The average molecular weight is 260 g/mol. The fourth-order valence-electron chi connectivity index (χ4n) is 1.60. The standard InChI is InChI=1S/C14H16N2O3/c1-10(14(18)19-2)16-13(17)12(9-15)8-11-6-4-3-5-7-11/h3-7,10,12H,8H2,1-2H3,(H,16,17). The first kappa shape index (κ1) is 14.7. The quantitative estimate of drug-likeness (QED) is 0.802. The SMILES string of the molecule is COC(=O)C(C)NC(=O)C(C#N)Cc1ccccc1. The van der Waals surface area contributed by atoms with Gasteiger partial charge in [-0.3, -0.25) is 4.79 Å². The Morgan fingerprint density at radius 3 is 2.53 bits per heavy atom. The third kappa shape index (κ3) is 4.43. The smallest absolute Gasteiger partial charge is 0.328 e. The lowest BCUT2D eigenvalue weighted by molar-refractivity contribution is -0.144. The number of amides is 1. The molecule has 1 rings (SSSR count). The molecule has 0 aliphatic carbocycles. The molecule has 1 N–H and O–H groups in total. The van der Waals surface area contributed by atoms with Crippen molar-refractivity contribution in [3.05, 3.63) is 35.9 Å². The van der Waals surface area contributed by atoms with Crippen LogP contribution in [-0.4, -0.2) is 25.0 Å². The summed E-state index contributed by atoms with van der Waals surface area (Å²) in [6.45, 7) is 1.51. The largest absolute Gasteiger partial charge is 0.467 e. The van der Waals surface area contributed by atoms with Gasteiger partial charge in [0.2, 0.25) is 5.91 Å². The summed E-state index contributed by atoms with van der Waals surface area (Å²) in [6, 6.07) is 10.4. The van der Waals surface area contributed by atoms with Crippen LogP contribution >= 0.6 is 0 Å². The molecule has 0 fully saturated rings. The summed E-state index contributed by atoms with van der Waals surface area (Å²) in [5.41, 5.74) is 0.898. The van der Waals surface area contributed by atoms with E-state index in [4.69, 9.17) is 5.26 Å². The Labute approximate surface area is 112 Å². The summed E-state index contributed by atoms with van der Waals surface area (Å²) < 4.78 is 4.51. The predicted octanol–water partition coefficient (Wildman–Crippen LogP) is 1.05. The maximum absolute atomic E-state index is 11.9. The van der Waals surface area contributed by atoms with Gasteiger partial charge in [0.25, 0.3) is 0 Å². The van der Waals surface area contributed by atoms with E-state index in [1.165, 1.54) is 14.0 Å². The number of hydrogen-bond donors (Lipinski definition) is 1. The van der Waals surface area contributed by atoms with Crippen molar-refractivity contribution in [2.24, 2.45) is 5.92 Å². The normalized spacial score (nSPS) is 12.9. The predicted molar refractivity (Wildman–Crippen MR) is 68.9 cm³/mol. The molecule has 0 radical (unpaired) electrons. The van der Waals surface area contributed by atoms with E-state index >= 15 is 0 Å². The molecule has 2 unspecified atom stereocenters. The van der Waals surface area contributed by atoms with Crippen LogP contribution in [0.3, 0.4) is 0 Å². The van der Waals surface area contributed by atoms with E-state index in [2.05, 4.69) is 10.1 Å². The maximum Gasteiger partial charge on any atom is 0.328 e. The van der Waals surface area contributed by atoms with Gasteiger partial charge in [-0.1, -0.05) is 30.3 Å². The molecule has 1 aromatic rings. The third-order valence-electron chi connectivity index (χ3n) is 2.67. The molecular weight excluding hydrogens is 244 g/mol. The Morgan fingerprint density at radius 2 is 2.00 bits per heavy atom. The number of esters is 1. The Bertz CT molecular complexity index is 479. The van der Waals surface area contributed by atoms with Crippen LogP contribution in [0.25, 0.3) is 0 Å². The van der Waals surface area contributed by atoms with Crippen molar-refractivity contribution in [2.45, 2.75) is 19.4 Å². The van der Waals surface area contributed by atoms with Gasteiger partial charge in [-0.25, -0.2) is 4.79 Å². The molecule has 100 valence electrons. The van der Waals surface area contributed by atoms with Gasteiger partial charge in [0, 0.05) is 0 Å². The molecule has 0 bridgehead atoms. The van der Waals surface area contributed by atoms with Crippen molar-refractivity contribution in [1.82, 2.24) is 5.32 Å². The van der Waals surface area contributed by atoms with Crippen molar-refractivity contribution >= 4 is 11.9 Å². The fourth-order valence-corrected chi connectivity index (χ4v) is 1.60. The van der Waals surface area contributed by atoms with Crippen molar-refractivity contribution in [3.8, 4) is 6.07 Å². The van der Waals surface area contributed by atoms with Crippen LogP contribution in [0.15, 0.2) is 30.3 Å². The Morgan fingerprint density at radius 1 is 1.37 bits per heavy atom. The number of nitriles is 1. The highest BCUT2D eigenvalue weighted by atomic mass is 16.5. The monoisotopic (exact) mass is 260 g/mol. The fraction of sp³-hybridized carbons (Fsp3) is 0.357. The number of hydrogen-bond acceptors (Lipinski definition) is 4. The highest BCUT2D eigenvalue weighted by molar-refractivity contribution is 5.86. The highest BCUT2D eigenvalue weighted by Gasteiger charge is 2.23. The maximum atomic E-state index is 11.9. The first-order valence-electron chi connectivity index (χ1n) is 5.90. The summed E-state index contributed by atoms with van der Waals surface area (Å²) in [6.07, 6.45) is 0.317. The summed E-state index contributed by atoms with van der Waals surface area (Å²) >= 11 is 0. The second kappa shape index (κ2) is 7.17. The topological polar surface area (TPSA) is 79.2 Å². The van der Waals surface area contributed by atoms with Crippen LogP contribution < -0.4 is 5.32 Å². The summed E-state index contributed by atoms with van der Waals surface area (Å²) in [4.78, 5) is 23.1. The molecule has 0 heterocycles. The number of rotatable bonds is 5. The minimum atomic E-state index is -0.825. The molecule has 1 aromatic carbocycles. The number of ether oxygens (including phenoxy) is 1. The minimum absolute atomic E-state index is 0.317. The Balaban J connectivity index is 2.63. The number of nitrogens with one attached hydrogen (secondary N) is 1. The van der Waals surface area contributed by atoms with Crippen molar-refractivity contribution in [2.75, 3.05) is 7.11 Å². The van der Waals surface area contributed by atoms with Crippen LogP contribution in [0.1, 0.15) is 12.5 Å². The zero-order chi connectivity index (χ0) is 14.3. The van der Waals surface area contributed by atoms with Gasteiger partial charge in [-0.2, -0.15) is 5.26 Å². The van der Waals surface area contributed by atoms with Gasteiger partial charge in [-0.05, 0) is 18.9 Å². The molecule has 5 nitrogen and oxygen atoms in total. The molecule has 0 saturated carbocycles. The molecule has 0 spiro atoms. The minimum Gasteiger partial charge on any atom is -0.467 e. The van der Waals surface area contributed by atoms with Gasteiger partial charge in [0.15, 0.2) is 0 Å². The zero-order valence-electron chi connectivity index (χ0n) is 10.9. The highest BCUT2D eigenvalue weighted by Crippen LogP contribution is 2.08. The van der Waals surface area contributed by atoms with Gasteiger partial charge >= 0.3 is 5.97 Å². The Kier molecular flexibility index (Phi) is 5.55. The molecule has 0 aromatic heterocycles. The van der Waals surface area contributed by atoms with Crippen molar-refractivity contribution in [1.29, 1.82) is 5.26 Å². The van der Waals surface area contributed by atoms with E-state index in [-0.39, 0.29) is 0 Å². The lowest BCUT2D eigenvalue weighted by atomic mass is 9.99. The molecule has 2 atom stereocenters. The lowest BCUT2D eigenvalue weighted by Crippen LogP contribution is -2.42. The van der Waals surface area contributed by atoms with E-state index in [9.17, 15) is 9.59 Å². The number of carbonyl (C=O) groups is 2. The molecule has 5 heteroatoms. The molecule has 19 heavy (non-hydrogen) atoms. The molecule has 0 saturated heterocycles. The number of carbonyl (C=O) groups excluding carboxylic acids is 2. The first-order valence-corrected chi connectivity index (χ1v) is 5.90. The summed E-state index contributed by atoms with van der Waals surface area (Å²) in [5, 5.41) is 11.5. The summed E-state index contributed by atoms with van der Waals surface area (Å²) in [7, 11) is 1.25. The number of benzene rings is 1. The molecule has 0 aliphatic rings. The third-order valence-corrected chi connectivity index (χ3v) is 2.67. The van der Waals surface area contributed by atoms with Crippen LogP contribution in [-0.2, 0) is 20.7 Å². The van der Waals surface area contributed by atoms with Crippen LogP contribution in [0.4, 0.5) is 0 Å². The van der Waals surface area contributed by atoms with Gasteiger partial charge < -0.3 is 10.1 Å². The number of nitrogens with zero attached hydrogens (tertiary/aromatic N) is 1. The van der Waals surface area contributed by atoms with Gasteiger partial charge in [0.05, 0.1) is 13.2 Å². The van der Waals surface area contributed by atoms with Crippen molar-refractivity contribution < 1.29 is 14.3 Å². The zero-order valence-corrected chi connectivity index (χ0v) is 10.9.